The Morgan fingerprint density at radius 3 is 2.61 bits per heavy atom. The summed E-state index contributed by atoms with van der Waals surface area (Å²) in [6, 6.07) is 10.4. The number of hydrogen-bond donors (Lipinski definition) is 1. The van der Waals surface area contributed by atoms with Crippen LogP contribution in [-0.4, -0.2) is 23.9 Å². The quantitative estimate of drug-likeness (QED) is 0.896. The molecule has 0 amide bonds. The van der Waals surface area contributed by atoms with Crippen molar-refractivity contribution in [3.63, 3.8) is 0 Å². The van der Waals surface area contributed by atoms with E-state index >= 15 is 0 Å². The Morgan fingerprint density at radius 2 is 2.00 bits per heavy atom. The highest BCUT2D eigenvalue weighted by atomic mass is 15.3. The van der Waals surface area contributed by atoms with E-state index in [0.717, 1.165) is 17.9 Å². The van der Waals surface area contributed by atoms with Gasteiger partial charge in [-0.3, -0.25) is 4.68 Å². The standard InChI is InChI=1S/C14H20N4/c1-11-9-12(18(4)16-11)10-15-13-7-5-6-8-14(13)17(2)3/h5-9,15H,10H2,1-4H3. The molecule has 96 valence electrons. The molecule has 1 aromatic heterocycles. The van der Waals surface area contributed by atoms with E-state index in [4.69, 9.17) is 0 Å². The van der Waals surface area contributed by atoms with Crippen LogP contribution in [0.15, 0.2) is 30.3 Å². The molecule has 1 N–H and O–H groups in total. The minimum atomic E-state index is 0.780. The first-order valence-corrected chi connectivity index (χ1v) is 6.07. The molecule has 0 atom stereocenters. The largest absolute Gasteiger partial charge is 0.378 e. The van der Waals surface area contributed by atoms with E-state index in [1.165, 1.54) is 11.4 Å². The minimum Gasteiger partial charge on any atom is -0.378 e. The van der Waals surface area contributed by atoms with Gasteiger partial charge in [-0.2, -0.15) is 5.10 Å². The first kappa shape index (κ1) is 12.5. The second kappa shape index (κ2) is 5.12. The summed E-state index contributed by atoms with van der Waals surface area (Å²) in [4.78, 5) is 2.11. The van der Waals surface area contributed by atoms with E-state index in [9.17, 15) is 0 Å². The van der Waals surface area contributed by atoms with Crippen molar-refractivity contribution >= 4 is 11.4 Å². The molecule has 2 aromatic rings. The van der Waals surface area contributed by atoms with Crippen molar-refractivity contribution in [1.82, 2.24) is 9.78 Å². The molecule has 0 unspecified atom stereocenters. The third-order valence-corrected chi connectivity index (χ3v) is 2.94. The number of aryl methyl sites for hydroxylation is 2. The lowest BCUT2D eigenvalue weighted by molar-refractivity contribution is 0.713. The van der Waals surface area contributed by atoms with Gasteiger partial charge in [0.05, 0.1) is 29.3 Å². The Hall–Kier alpha value is -1.97. The molecule has 18 heavy (non-hydrogen) atoms. The number of para-hydroxylation sites is 2. The summed E-state index contributed by atoms with van der Waals surface area (Å²) >= 11 is 0. The van der Waals surface area contributed by atoms with E-state index < -0.39 is 0 Å². The van der Waals surface area contributed by atoms with Crippen LogP contribution in [0.4, 0.5) is 11.4 Å². The molecule has 0 aliphatic carbocycles. The average Bonchev–Trinajstić information content (AvgIpc) is 2.65. The van der Waals surface area contributed by atoms with Gasteiger partial charge in [0, 0.05) is 21.1 Å². The third-order valence-electron chi connectivity index (χ3n) is 2.94. The first-order valence-electron chi connectivity index (χ1n) is 6.07. The predicted octanol–water partition coefficient (Wildman–Crippen LogP) is 2.41. The summed E-state index contributed by atoms with van der Waals surface area (Å²) < 4.78 is 1.92. The first-order chi connectivity index (χ1) is 8.58. The Labute approximate surface area is 108 Å². The van der Waals surface area contributed by atoms with Crippen LogP contribution in [0.25, 0.3) is 0 Å². The van der Waals surface area contributed by atoms with E-state index in [1.807, 2.05) is 24.7 Å². The Morgan fingerprint density at radius 1 is 1.28 bits per heavy atom. The highest BCUT2D eigenvalue weighted by molar-refractivity contribution is 5.69. The Bertz CT molecular complexity index is 528. The number of benzene rings is 1. The summed E-state index contributed by atoms with van der Waals surface area (Å²) in [5.41, 5.74) is 4.56. The lowest BCUT2D eigenvalue weighted by Gasteiger charge is -2.18. The molecule has 0 saturated carbocycles. The molecule has 0 spiro atoms. The second-order valence-electron chi connectivity index (χ2n) is 4.67. The monoisotopic (exact) mass is 244 g/mol. The molecule has 4 nitrogen and oxygen atoms in total. The number of aromatic nitrogens is 2. The van der Waals surface area contributed by atoms with Crippen LogP contribution >= 0.6 is 0 Å². The highest BCUT2D eigenvalue weighted by Gasteiger charge is 2.05. The van der Waals surface area contributed by atoms with Gasteiger partial charge in [-0.25, -0.2) is 0 Å². The van der Waals surface area contributed by atoms with E-state index in [0.29, 0.717) is 0 Å². The zero-order valence-electron chi connectivity index (χ0n) is 11.4. The van der Waals surface area contributed by atoms with Crippen LogP contribution < -0.4 is 10.2 Å². The van der Waals surface area contributed by atoms with Crippen molar-refractivity contribution < 1.29 is 0 Å². The van der Waals surface area contributed by atoms with Gasteiger partial charge < -0.3 is 10.2 Å². The highest BCUT2D eigenvalue weighted by Crippen LogP contribution is 2.23. The van der Waals surface area contributed by atoms with Gasteiger partial charge in [0.25, 0.3) is 0 Å². The molecule has 0 saturated heterocycles. The molecule has 2 rings (SSSR count). The van der Waals surface area contributed by atoms with Crippen molar-refractivity contribution in [1.29, 1.82) is 0 Å². The molecule has 0 fully saturated rings. The molecule has 0 radical (unpaired) electrons. The van der Waals surface area contributed by atoms with Crippen LogP contribution in [0.2, 0.25) is 0 Å². The van der Waals surface area contributed by atoms with Crippen molar-refractivity contribution in [2.75, 3.05) is 24.3 Å². The zero-order chi connectivity index (χ0) is 13.1. The smallest absolute Gasteiger partial charge is 0.0597 e. The molecule has 4 heteroatoms. The fourth-order valence-corrected chi connectivity index (χ4v) is 2.03. The van der Waals surface area contributed by atoms with Crippen LogP contribution in [0.5, 0.6) is 0 Å². The van der Waals surface area contributed by atoms with E-state index in [-0.39, 0.29) is 0 Å². The molecular weight excluding hydrogens is 224 g/mol. The maximum atomic E-state index is 4.35. The van der Waals surface area contributed by atoms with Crippen molar-refractivity contribution in [2.45, 2.75) is 13.5 Å². The van der Waals surface area contributed by atoms with Gasteiger partial charge in [0.1, 0.15) is 0 Å². The number of nitrogens with zero attached hydrogens (tertiary/aromatic N) is 3. The zero-order valence-corrected chi connectivity index (χ0v) is 11.4. The molecule has 1 heterocycles. The topological polar surface area (TPSA) is 33.1 Å². The minimum absolute atomic E-state index is 0.780. The second-order valence-corrected chi connectivity index (χ2v) is 4.67. The molecule has 0 bridgehead atoms. The summed E-state index contributed by atoms with van der Waals surface area (Å²) in [6.07, 6.45) is 0. The van der Waals surface area contributed by atoms with Gasteiger partial charge in [0.15, 0.2) is 0 Å². The van der Waals surface area contributed by atoms with E-state index in [1.54, 1.807) is 0 Å². The molecular formula is C14H20N4. The Kier molecular flexibility index (Phi) is 3.55. The average molecular weight is 244 g/mol. The van der Waals surface area contributed by atoms with Crippen molar-refractivity contribution in [2.24, 2.45) is 7.05 Å². The maximum Gasteiger partial charge on any atom is 0.0597 e. The summed E-state index contributed by atoms with van der Waals surface area (Å²) in [5, 5.41) is 7.81. The predicted molar refractivity (Wildman–Crippen MR) is 76.0 cm³/mol. The molecule has 1 aromatic carbocycles. The summed E-state index contributed by atoms with van der Waals surface area (Å²) in [7, 11) is 6.07. The van der Waals surface area contributed by atoms with Crippen LogP contribution in [0.3, 0.4) is 0 Å². The van der Waals surface area contributed by atoms with E-state index in [2.05, 4.69) is 53.7 Å². The fourth-order valence-electron chi connectivity index (χ4n) is 2.03. The normalized spacial score (nSPS) is 10.4. The van der Waals surface area contributed by atoms with Gasteiger partial charge in [-0.15, -0.1) is 0 Å². The Balaban J connectivity index is 2.13. The maximum absolute atomic E-state index is 4.35. The number of anilines is 2. The summed E-state index contributed by atoms with van der Waals surface area (Å²) in [5.74, 6) is 0. The lowest BCUT2D eigenvalue weighted by Crippen LogP contribution is -2.12. The number of rotatable bonds is 4. The number of nitrogens with one attached hydrogen (secondary N) is 1. The SMILES string of the molecule is Cc1cc(CNc2ccccc2N(C)C)n(C)n1. The van der Waals surface area contributed by atoms with Gasteiger partial charge in [-0.05, 0) is 25.1 Å². The summed E-state index contributed by atoms with van der Waals surface area (Å²) in [6.45, 7) is 2.79. The lowest BCUT2D eigenvalue weighted by atomic mass is 10.2. The van der Waals surface area contributed by atoms with Gasteiger partial charge >= 0.3 is 0 Å². The van der Waals surface area contributed by atoms with Gasteiger partial charge in [-0.1, -0.05) is 12.1 Å². The van der Waals surface area contributed by atoms with Crippen LogP contribution in [-0.2, 0) is 13.6 Å². The fraction of sp³-hybridized carbons (Fsp3) is 0.357. The molecule has 0 aliphatic rings. The number of hydrogen-bond acceptors (Lipinski definition) is 3. The van der Waals surface area contributed by atoms with Crippen LogP contribution in [0, 0.1) is 6.92 Å². The van der Waals surface area contributed by atoms with Crippen molar-refractivity contribution in [3.8, 4) is 0 Å². The van der Waals surface area contributed by atoms with Crippen molar-refractivity contribution in [3.05, 3.63) is 41.7 Å². The van der Waals surface area contributed by atoms with Crippen LogP contribution in [0.1, 0.15) is 11.4 Å². The molecule has 0 aliphatic heterocycles. The van der Waals surface area contributed by atoms with Gasteiger partial charge in [0.2, 0.25) is 0 Å². The third kappa shape index (κ3) is 2.64.